The summed E-state index contributed by atoms with van der Waals surface area (Å²) in [5.74, 6) is -2.11. The first-order chi connectivity index (χ1) is 10.9. The van der Waals surface area contributed by atoms with E-state index in [2.05, 4.69) is 10.6 Å². The lowest BCUT2D eigenvalue weighted by molar-refractivity contribution is -0.105. The van der Waals surface area contributed by atoms with Crippen molar-refractivity contribution >= 4 is 29.7 Å². The van der Waals surface area contributed by atoms with Crippen LogP contribution in [0.2, 0.25) is 0 Å². The van der Waals surface area contributed by atoms with Crippen LogP contribution in [0, 0.1) is 6.92 Å². The van der Waals surface area contributed by atoms with E-state index in [0.717, 1.165) is 0 Å². The Hall–Kier alpha value is -3.35. The van der Waals surface area contributed by atoms with Crippen molar-refractivity contribution in [3.05, 3.63) is 53.1 Å². The molecule has 0 atom stereocenters. The summed E-state index contributed by atoms with van der Waals surface area (Å²) < 4.78 is 0. The molecule has 0 aliphatic rings. The number of carboxylic acids is 1. The minimum Gasteiger partial charge on any atom is -0.507 e. The third kappa shape index (κ3) is 3.65. The van der Waals surface area contributed by atoms with Crippen LogP contribution in [0.4, 0.5) is 11.4 Å². The molecule has 7 nitrogen and oxygen atoms in total. The van der Waals surface area contributed by atoms with Crippen LogP contribution in [-0.2, 0) is 4.79 Å². The van der Waals surface area contributed by atoms with E-state index in [0.29, 0.717) is 23.2 Å². The van der Waals surface area contributed by atoms with E-state index >= 15 is 0 Å². The highest BCUT2D eigenvalue weighted by Crippen LogP contribution is 2.22. The van der Waals surface area contributed by atoms with Gasteiger partial charge in [-0.1, -0.05) is 0 Å². The Labute approximate surface area is 131 Å². The first-order valence-corrected chi connectivity index (χ1v) is 6.61. The number of amides is 2. The standard InChI is InChI=1S/C16H14N2O5/c1-9-6-10(2-4-13(9)17-8-19)15(21)18-11-3-5-14(20)12(7-11)16(22)23/h2-8,20H,1H3,(H,17,19)(H,18,21)(H,22,23). The van der Waals surface area contributed by atoms with Crippen molar-refractivity contribution in [1.29, 1.82) is 0 Å². The average molecular weight is 314 g/mol. The third-order valence-corrected chi connectivity index (χ3v) is 3.19. The van der Waals surface area contributed by atoms with E-state index in [1.165, 1.54) is 24.3 Å². The molecule has 0 aromatic heterocycles. The Morgan fingerprint density at radius 1 is 1.13 bits per heavy atom. The Bertz CT molecular complexity index is 786. The van der Waals surface area contributed by atoms with Crippen molar-refractivity contribution in [1.82, 2.24) is 0 Å². The number of phenols is 1. The number of carbonyl (C=O) groups is 3. The summed E-state index contributed by atoms with van der Waals surface area (Å²) in [5.41, 5.74) is 1.60. The molecule has 2 aromatic rings. The van der Waals surface area contributed by atoms with Crippen molar-refractivity contribution in [2.45, 2.75) is 6.92 Å². The van der Waals surface area contributed by atoms with E-state index in [4.69, 9.17) is 5.11 Å². The van der Waals surface area contributed by atoms with Crippen molar-refractivity contribution in [2.24, 2.45) is 0 Å². The summed E-state index contributed by atoms with van der Waals surface area (Å²) in [6.45, 7) is 1.74. The molecule has 4 N–H and O–H groups in total. The summed E-state index contributed by atoms with van der Waals surface area (Å²) in [4.78, 5) is 33.6. The van der Waals surface area contributed by atoms with Gasteiger partial charge in [-0.25, -0.2) is 4.79 Å². The fourth-order valence-corrected chi connectivity index (χ4v) is 2.02. The molecule has 2 amide bonds. The molecular weight excluding hydrogens is 300 g/mol. The molecule has 0 spiro atoms. The topological polar surface area (TPSA) is 116 Å². The molecule has 0 heterocycles. The Kier molecular flexibility index (Phi) is 4.61. The highest BCUT2D eigenvalue weighted by atomic mass is 16.4. The maximum atomic E-state index is 12.2. The zero-order valence-corrected chi connectivity index (χ0v) is 12.2. The summed E-state index contributed by atoms with van der Waals surface area (Å²) in [6, 6.07) is 8.49. The van der Waals surface area contributed by atoms with Crippen molar-refractivity contribution in [2.75, 3.05) is 10.6 Å². The van der Waals surface area contributed by atoms with Gasteiger partial charge in [0.25, 0.3) is 5.91 Å². The van der Waals surface area contributed by atoms with Gasteiger partial charge < -0.3 is 20.8 Å². The van der Waals surface area contributed by atoms with Gasteiger partial charge in [-0.2, -0.15) is 0 Å². The first kappa shape index (κ1) is 16.0. The summed E-state index contributed by atoms with van der Waals surface area (Å²) in [6.07, 6.45) is 0.548. The second-order valence-corrected chi connectivity index (χ2v) is 4.78. The fraction of sp³-hybridized carbons (Fsp3) is 0.0625. The van der Waals surface area contributed by atoms with E-state index < -0.39 is 11.9 Å². The predicted molar refractivity (Wildman–Crippen MR) is 83.9 cm³/mol. The number of aromatic hydroxyl groups is 1. The molecular formula is C16H14N2O5. The number of rotatable bonds is 5. The van der Waals surface area contributed by atoms with Crippen LogP contribution in [0.1, 0.15) is 26.3 Å². The van der Waals surface area contributed by atoms with Gasteiger partial charge in [-0.05, 0) is 48.9 Å². The van der Waals surface area contributed by atoms with E-state index in [1.807, 2.05) is 0 Å². The van der Waals surface area contributed by atoms with Gasteiger partial charge in [0.2, 0.25) is 6.41 Å². The number of benzene rings is 2. The van der Waals surface area contributed by atoms with Crippen molar-refractivity contribution < 1.29 is 24.6 Å². The molecule has 23 heavy (non-hydrogen) atoms. The minimum absolute atomic E-state index is 0.248. The quantitative estimate of drug-likeness (QED) is 0.499. The van der Waals surface area contributed by atoms with Crippen LogP contribution >= 0.6 is 0 Å². The lowest BCUT2D eigenvalue weighted by atomic mass is 10.1. The molecule has 0 aliphatic heterocycles. The van der Waals surface area contributed by atoms with E-state index in [-0.39, 0.29) is 17.0 Å². The van der Waals surface area contributed by atoms with Gasteiger partial charge >= 0.3 is 5.97 Å². The van der Waals surface area contributed by atoms with E-state index in [1.54, 1.807) is 19.1 Å². The van der Waals surface area contributed by atoms with Gasteiger partial charge in [0.15, 0.2) is 0 Å². The summed E-state index contributed by atoms with van der Waals surface area (Å²) in [5, 5.41) is 23.5. The highest BCUT2D eigenvalue weighted by molar-refractivity contribution is 6.05. The number of aromatic carboxylic acids is 1. The maximum absolute atomic E-state index is 12.2. The van der Waals surface area contributed by atoms with Gasteiger partial charge in [-0.3, -0.25) is 9.59 Å². The van der Waals surface area contributed by atoms with Crippen molar-refractivity contribution in [3.8, 4) is 5.75 Å². The number of nitrogens with one attached hydrogen (secondary N) is 2. The number of carboxylic acid groups (broad SMARTS) is 1. The molecule has 0 bridgehead atoms. The average Bonchev–Trinajstić information content (AvgIpc) is 2.51. The molecule has 7 heteroatoms. The molecule has 0 unspecified atom stereocenters. The lowest BCUT2D eigenvalue weighted by Gasteiger charge is -2.09. The van der Waals surface area contributed by atoms with Crippen LogP contribution in [0.3, 0.4) is 0 Å². The van der Waals surface area contributed by atoms with E-state index in [9.17, 15) is 19.5 Å². The Morgan fingerprint density at radius 3 is 2.48 bits per heavy atom. The first-order valence-electron chi connectivity index (χ1n) is 6.61. The molecule has 0 fully saturated rings. The summed E-state index contributed by atoms with van der Waals surface area (Å²) in [7, 11) is 0. The van der Waals surface area contributed by atoms with Crippen LogP contribution < -0.4 is 10.6 Å². The molecule has 0 saturated carbocycles. The maximum Gasteiger partial charge on any atom is 0.339 e. The molecule has 0 radical (unpaired) electrons. The Morgan fingerprint density at radius 2 is 1.87 bits per heavy atom. The van der Waals surface area contributed by atoms with Gasteiger partial charge in [0.05, 0.1) is 0 Å². The van der Waals surface area contributed by atoms with Gasteiger partial charge in [-0.15, -0.1) is 0 Å². The van der Waals surface area contributed by atoms with Gasteiger partial charge in [0, 0.05) is 16.9 Å². The van der Waals surface area contributed by atoms with Gasteiger partial charge in [0.1, 0.15) is 11.3 Å². The molecule has 0 saturated heterocycles. The largest absolute Gasteiger partial charge is 0.507 e. The van der Waals surface area contributed by atoms with Crippen LogP contribution in [0.15, 0.2) is 36.4 Å². The second kappa shape index (κ2) is 6.61. The Balaban J connectivity index is 2.22. The monoisotopic (exact) mass is 314 g/mol. The molecule has 2 aromatic carbocycles. The number of hydrogen-bond donors (Lipinski definition) is 4. The molecule has 2 rings (SSSR count). The van der Waals surface area contributed by atoms with Crippen molar-refractivity contribution in [3.63, 3.8) is 0 Å². The fourth-order valence-electron chi connectivity index (χ4n) is 2.02. The minimum atomic E-state index is -1.29. The van der Waals surface area contributed by atoms with Crippen LogP contribution in [-0.4, -0.2) is 28.5 Å². The third-order valence-electron chi connectivity index (χ3n) is 3.19. The second-order valence-electron chi connectivity index (χ2n) is 4.78. The molecule has 118 valence electrons. The number of anilines is 2. The predicted octanol–water partition coefficient (Wildman–Crippen LogP) is 2.22. The zero-order chi connectivity index (χ0) is 17.0. The number of aryl methyl sites for hydroxylation is 1. The molecule has 0 aliphatic carbocycles. The zero-order valence-electron chi connectivity index (χ0n) is 12.2. The summed E-state index contributed by atoms with van der Waals surface area (Å²) >= 11 is 0. The normalized spacial score (nSPS) is 9.96. The SMILES string of the molecule is Cc1cc(C(=O)Nc2ccc(O)c(C(=O)O)c2)ccc1NC=O. The number of carbonyl (C=O) groups excluding carboxylic acids is 2. The smallest absolute Gasteiger partial charge is 0.339 e. The van der Waals surface area contributed by atoms with Crippen LogP contribution in [0.25, 0.3) is 0 Å². The number of hydrogen-bond acceptors (Lipinski definition) is 4. The highest BCUT2D eigenvalue weighted by Gasteiger charge is 2.13. The lowest BCUT2D eigenvalue weighted by Crippen LogP contribution is -2.13. The van der Waals surface area contributed by atoms with Crippen LogP contribution in [0.5, 0.6) is 5.75 Å².